The normalized spacial score (nSPS) is 17.1. The second-order valence-corrected chi connectivity index (χ2v) is 4.88. The summed E-state index contributed by atoms with van der Waals surface area (Å²) in [6.45, 7) is 10.1. The predicted molar refractivity (Wildman–Crippen MR) is 69.9 cm³/mol. The van der Waals surface area contributed by atoms with Crippen LogP contribution in [0, 0.1) is 5.92 Å². The van der Waals surface area contributed by atoms with Crippen LogP contribution in [-0.4, -0.2) is 30.7 Å². The molecule has 0 radical (unpaired) electrons. The van der Waals surface area contributed by atoms with Gasteiger partial charge in [0.1, 0.15) is 0 Å². The first-order chi connectivity index (χ1) is 8.04. The van der Waals surface area contributed by atoms with Crippen LogP contribution < -0.4 is 0 Å². The third-order valence-corrected chi connectivity index (χ3v) is 2.89. The van der Waals surface area contributed by atoms with E-state index < -0.39 is 0 Å². The summed E-state index contributed by atoms with van der Waals surface area (Å²) in [5.41, 5.74) is 2.48. The van der Waals surface area contributed by atoms with Crippen molar-refractivity contribution >= 4 is 6.09 Å². The molecule has 0 spiro atoms. The highest BCUT2D eigenvalue weighted by molar-refractivity contribution is 5.68. The molecule has 0 aromatic rings. The monoisotopic (exact) mass is 237 g/mol. The summed E-state index contributed by atoms with van der Waals surface area (Å²) in [6.07, 6.45) is 5.02. The molecule has 1 aliphatic rings. The number of hydrogen-bond acceptors (Lipinski definition) is 2. The maximum absolute atomic E-state index is 11.8. The summed E-state index contributed by atoms with van der Waals surface area (Å²) < 4.78 is 5.24. The van der Waals surface area contributed by atoms with E-state index in [-0.39, 0.29) is 6.09 Å². The summed E-state index contributed by atoms with van der Waals surface area (Å²) in [6, 6.07) is 0. The molecule has 3 nitrogen and oxygen atoms in total. The summed E-state index contributed by atoms with van der Waals surface area (Å²) in [7, 11) is 0. The molecule has 0 N–H and O–H groups in total. The fourth-order valence-corrected chi connectivity index (χ4v) is 1.70. The largest absolute Gasteiger partial charge is 0.449 e. The first-order valence-corrected chi connectivity index (χ1v) is 6.28. The highest BCUT2D eigenvalue weighted by Crippen LogP contribution is 2.17. The summed E-state index contributed by atoms with van der Waals surface area (Å²) in [5.74, 6) is 0.385. The second-order valence-electron chi connectivity index (χ2n) is 4.88. The molecule has 0 unspecified atom stereocenters. The minimum atomic E-state index is -0.187. The van der Waals surface area contributed by atoms with Crippen LogP contribution >= 0.6 is 0 Å². The molecule has 0 saturated heterocycles. The van der Waals surface area contributed by atoms with Crippen molar-refractivity contribution in [1.82, 2.24) is 4.90 Å². The van der Waals surface area contributed by atoms with Crippen molar-refractivity contribution in [3.05, 3.63) is 23.3 Å². The Morgan fingerprint density at radius 2 is 2.29 bits per heavy atom. The molecule has 0 aromatic heterocycles. The Bertz CT molecular complexity index is 329. The van der Waals surface area contributed by atoms with Crippen molar-refractivity contribution in [3.63, 3.8) is 0 Å². The maximum Gasteiger partial charge on any atom is 0.410 e. The van der Waals surface area contributed by atoms with Crippen molar-refractivity contribution in [2.45, 2.75) is 34.1 Å². The van der Waals surface area contributed by atoms with Gasteiger partial charge in [-0.3, -0.25) is 0 Å². The van der Waals surface area contributed by atoms with Gasteiger partial charge in [-0.2, -0.15) is 0 Å². The Morgan fingerprint density at radius 3 is 2.88 bits per heavy atom. The molecular formula is C14H23NO2. The minimum absolute atomic E-state index is 0.187. The highest BCUT2D eigenvalue weighted by atomic mass is 16.6. The van der Waals surface area contributed by atoms with Gasteiger partial charge in [-0.25, -0.2) is 4.79 Å². The lowest BCUT2D eigenvalue weighted by molar-refractivity contribution is 0.0943. The zero-order valence-corrected chi connectivity index (χ0v) is 11.3. The lowest BCUT2D eigenvalue weighted by Gasteiger charge is -2.27. The second kappa shape index (κ2) is 6.48. The minimum Gasteiger partial charge on any atom is -0.449 e. The maximum atomic E-state index is 11.8. The summed E-state index contributed by atoms with van der Waals surface area (Å²) in [5, 5.41) is 0. The number of hydrogen-bond donors (Lipinski definition) is 0. The fraction of sp³-hybridized carbons (Fsp3) is 0.643. The zero-order chi connectivity index (χ0) is 12.8. The SMILES string of the molecule is C/C=C(/C)C1=CCCN(C(=O)OCC(C)C)C1. The van der Waals surface area contributed by atoms with E-state index in [4.69, 9.17) is 4.74 Å². The van der Waals surface area contributed by atoms with Gasteiger partial charge >= 0.3 is 6.09 Å². The van der Waals surface area contributed by atoms with Crippen molar-refractivity contribution in [3.8, 4) is 0 Å². The number of nitrogens with zero attached hydrogens (tertiary/aromatic N) is 1. The molecule has 17 heavy (non-hydrogen) atoms. The molecule has 0 saturated carbocycles. The zero-order valence-electron chi connectivity index (χ0n) is 11.3. The number of allylic oxidation sites excluding steroid dienone is 1. The van der Waals surface area contributed by atoms with E-state index in [1.165, 1.54) is 11.1 Å². The van der Waals surface area contributed by atoms with Crippen molar-refractivity contribution in [2.24, 2.45) is 5.92 Å². The van der Waals surface area contributed by atoms with Gasteiger partial charge in [0.05, 0.1) is 6.61 Å². The van der Waals surface area contributed by atoms with Crippen LogP contribution in [0.25, 0.3) is 0 Å². The number of amides is 1. The molecule has 0 bridgehead atoms. The molecule has 1 heterocycles. The third-order valence-electron chi connectivity index (χ3n) is 2.89. The van der Waals surface area contributed by atoms with Gasteiger partial charge in [0.2, 0.25) is 0 Å². The van der Waals surface area contributed by atoms with Crippen LogP contribution in [0.4, 0.5) is 4.79 Å². The van der Waals surface area contributed by atoms with Gasteiger partial charge in [-0.15, -0.1) is 0 Å². The van der Waals surface area contributed by atoms with Gasteiger partial charge in [0.15, 0.2) is 0 Å². The number of carbonyl (C=O) groups is 1. The predicted octanol–water partition coefficient (Wildman–Crippen LogP) is 3.38. The first kappa shape index (κ1) is 13.8. The summed E-state index contributed by atoms with van der Waals surface area (Å²) in [4.78, 5) is 13.6. The van der Waals surface area contributed by atoms with Gasteiger partial charge < -0.3 is 9.64 Å². The van der Waals surface area contributed by atoms with Crippen LogP contribution in [0.1, 0.15) is 34.1 Å². The van der Waals surface area contributed by atoms with Crippen LogP contribution in [0.5, 0.6) is 0 Å². The Kier molecular flexibility index (Phi) is 5.26. The van der Waals surface area contributed by atoms with Gasteiger partial charge in [0, 0.05) is 13.1 Å². The van der Waals surface area contributed by atoms with Crippen LogP contribution in [0.3, 0.4) is 0 Å². The van der Waals surface area contributed by atoms with E-state index in [2.05, 4.69) is 19.1 Å². The molecular weight excluding hydrogens is 214 g/mol. The highest BCUT2D eigenvalue weighted by Gasteiger charge is 2.19. The van der Waals surface area contributed by atoms with Crippen LogP contribution in [-0.2, 0) is 4.74 Å². The van der Waals surface area contributed by atoms with E-state index in [0.717, 1.165) is 13.0 Å². The van der Waals surface area contributed by atoms with E-state index in [1.807, 2.05) is 20.8 Å². The molecule has 0 aromatic carbocycles. The Morgan fingerprint density at radius 1 is 1.59 bits per heavy atom. The summed E-state index contributed by atoms with van der Waals surface area (Å²) >= 11 is 0. The average molecular weight is 237 g/mol. The van der Waals surface area contributed by atoms with Gasteiger partial charge in [-0.1, -0.05) is 31.6 Å². The molecule has 3 heteroatoms. The van der Waals surface area contributed by atoms with Crippen molar-refractivity contribution in [2.75, 3.05) is 19.7 Å². The first-order valence-electron chi connectivity index (χ1n) is 6.28. The molecule has 0 aliphatic carbocycles. The van der Waals surface area contributed by atoms with Crippen molar-refractivity contribution < 1.29 is 9.53 Å². The lowest BCUT2D eigenvalue weighted by Crippen LogP contribution is -2.37. The number of rotatable bonds is 3. The quantitative estimate of drug-likeness (QED) is 0.753. The molecule has 0 fully saturated rings. The lowest BCUT2D eigenvalue weighted by atomic mass is 10.0. The fourth-order valence-electron chi connectivity index (χ4n) is 1.70. The average Bonchev–Trinajstić information content (AvgIpc) is 2.35. The topological polar surface area (TPSA) is 29.5 Å². The molecule has 96 valence electrons. The molecule has 0 atom stereocenters. The smallest absolute Gasteiger partial charge is 0.410 e. The number of carbonyl (C=O) groups excluding carboxylic acids is 1. The van der Waals surface area contributed by atoms with Crippen molar-refractivity contribution in [1.29, 1.82) is 0 Å². The van der Waals surface area contributed by atoms with Crippen LogP contribution in [0.2, 0.25) is 0 Å². The van der Waals surface area contributed by atoms with E-state index >= 15 is 0 Å². The Balaban J connectivity index is 2.52. The standard InChI is InChI=1S/C14H23NO2/c1-5-12(4)13-7-6-8-15(9-13)14(16)17-10-11(2)3/h5,7,11H,6,8-10H2,1-4H3/b12-5-. The van der Waals surface area contributed by atoms with E-state index in [0.29, 0.717) is 19.1 Å². The van der Waals surface area contributed by atoms with E-state index in [9.17, 15) is 4.79 Å². The molecule has 1 rings (SSSR count). The Hall–Kier alpha value is -1.25. The molecule has 1 aliphatic heterocycles. The van der Waals surface area contributed by atoms with Gasteiger partial charge in [0.25, 0.3) is 0 Å². The Labute approximate surface area is 104 Å². The molecule has 1 amide bonds. The third kappa shape index (κ3) is 4.25. The van der Waals surface area contributed by atoms with Gasteiger partial charge in [-0.05, 0) is 31.8 Å². The van der Waals surface area contributed by atoms with E-state index in [1.54, 1.807) is 4.90 Å². The number of ether oxygens (including phenoxy) is 1. The van der Waals surface area contributed by atoms with Crippen LogP contribution in [0.15, 0.2) is 23.3 Å².